The zero-order valence-electron chi connectivity index (χ0n) is 11.7. The third-order valence-corrected chi connectivity index (χ3v) is 2.60. The summed E-state index contributed by atoms with van der Waals surface area (Å²) in [5, 5.41) is 13.8. The summed E-state index contributed by atoms with van der Waals surface area (Å²) in [5.74, 6) is 0.220. The Bertz CT molecular complexity index is 490. The molecule has 1 N–H and O–H groups in total. The van der Waals surface area contributed by atoms with Crippen LogP contribution in [-0.2, 0) is 6.54 Å². The van der Waals surface area contributed by atoms with Crippen molar-refractivity contribution in [2.75, 3.05) is 6.61 Å². The Labute approximate surface area is 120 Å². The molecule has 0 aliphatic heterocycles. The van der Waals surface area contributed by atoms with Crippen LogP contribution in [0.3, 0.4) is 0 Å². The lowest BCUT2D eigenvalue weighted by atomic mass is 10.1. The summed E-state index contributed by atoms with van der Waals surface area (Å²) in [4.78, 5) is 10.2. The van der Waals surface area contributed by atoms with Crippen molar-refractivity contribution in [2.24, 2.45) is 0 Å². The van der Waals surface area contributed by atoms with Crippen molar-refractivity contribution in [3.8, 4) is 5.75 Å². The summed E-state index contributed by atoms with van der Waals surface area (Å²) in [6.07, 6.45) is -5.36. The fraction of sp³-hybridized carbons (Fsp3) is 0.538. The molecule has 0 amide bonds. The normalized spacial score (nSPS) is 11.7. The maximum absolute atomic E-state index is 12.1. The van der Waals surface area contributed by atoms with Gasteiger partial charge in [-0.3, -0.25) is 10.1 Å². The predicted molar refractivity (Wildman–Crippen MR) is 71.2 cm³/mol. The van der Waals surface area contributed by atoms with E-state index in [1.807, 2.05) is 13.8 Å². The van der Waals surface area contributed by atoms with Crippen molar-refractivity contribution in [3.63, 3.8) is 0 Å². The Morgan fingerprint density at radius 3 is 2.57 bits per heavy atom. The van der Waals surface area contributed by atoms with Gasteiger partial charge in [-0.05, 0) is 6.07 Å². The van der Waals surface area contributed by atoms with Gasteiger partial charge in [-0.1, -0.05) is 13.8 Å². The van der Waals surface area contributed by atoms with E-state index in [0.29, 0.717) is 5.56 Å². The molecule has 0 radical (unpaired) electrons. The number of nitrogens with one attached hydrogen (secondary N) is 1. The van der Waals surface area contributed by atoms with Gasteiger partial charge >= 0.3 is 6.18 Å². The highest BCUT2D eigenvalue weighted by Gasteiger charge is 2.27. The second-order valence-corrected chi connectivity index (χ2v) is 4.80. The number of non-ortho nitro benzene ring substituents is 1. The number of nitrogens with zero attached hydrogens (tertiary/aromatic N) is 1. The third-order valence-electron chi connectivity index (χ3n) is 2.60. The Hall–Kier alpha value is -1.83. The average molecular weight is 306 g/mol. The predicted octanol–water partition coefficient (Wildman–Crippen LogP) is 3.42. The van der Waals surface area contributed by atoms with E-state index in [0.717, 1.165) is 0 Å². The fourth-order valence-electron chi connectivity index (χ4n) is 1.55. The molecule has 0 fully saturated rings. The summed E-state index contributed by atoms with van der Waals surface area (Å²) in [5.41, 5.74) is 0.332. The lowest BCUT2D eigenvalue weighted by Gasteiger charge is -2.14. The lowest BCUT2D eigenvalue weighted by Crippen LogP contribution is -2.22. The van der Waals surface area contributed by atoms with E-state index in [-0.39, 0.29) is 24.0 Å². The van der Waals surface area contributed by atoms with Crippen LogP contribution >= 0.6 is 0 Å². The van der Waals surface area contributed by atoms with Gasteiger partial charge in [0, 0.05) is 30.3 Å². The molecule has 0 heterocycles. The first kappa shape index (κ1) is 17.2. The molecule has 0 aliphatic carbocycles. The SMILES string of the molecule is CC(C)NCc1cc([N+](=O)[O-])ccc1OCCC(F)(F)F. The zero-order valence-corrected chi connectivity index (χ0v) is 11.7. The van der Waals surface area contributed by atoms with Crippen LogP contribution in [0.1, 0.15) is 25.8 Å². The van der Waals surface area contributed by atoms with Crippen LogP contribution in [0.2, 0.25) is 0 Å². The number of nitro groups is 1. The molecule has 1 rings (SSSR count). The number of nitro benzene ring substituents is 1. The van der Waals surface area contributed by atoms with E-state index < -0.39 is 24.1 Å². The highest BCUT2D eigenvalue weighted by atomic mass is 19.4. The Balaban J connectivity index is 2.82. The number of hydrogen-bond donors (Lipinski definition) is 1. The van der Waals surface area contributed by atoms with E-state index in [2.05, 4.69) is 5.32 Å². The Morgan fingerprint density at radius 1 is 1.38 bits per heavy atom. The molecule has 0 unspecified atom stereocenters. The zero-order chi connectivity index (χ0) is 16.0. The number of rotatable bonds is 7. The van der Waals surface area contributed by atoms with Crippen molar-refractivity contribution in [3.05, 3.63) is 33.9 Å². The molecule has 0 spiro atoms. The number of hydrogen-bond acceptors (Lipinski definition) is 4. The summed E-state index contributed by atoms with van der Waals surface area (Å²) >= 11 is 0. The second kappa shape index (κ2) is 7.26. The van der Waals surface area contributed by atoms with E-state index in [4.69, 9.17) is 4.74 Å². The molecule has 0 saturated carbocycles. The van der Waals surface area contributed by atoms with Crippen LogP contribution in [0.15, 0.2) is 18.2 Å². The van der Waals surface area contributed by atoms with Gasteiger partial charge in [0.1, 0.15) is 5.75 Å². The minimum absolute atomic E-state index is 0.126. The topological polar surface area (TPSA) is 64.4 Å². The van der Waals surface area contributed by atoms with Gasteiger partial charge in [0.2, 0.25) is 0 Å². The number of alkyl halides is 3. The largest absolute Gasteiger partial charge is 0.493 e. The molecule has 0 aliphatic rings. The van der Waals surface area contributed by atoms with Crippen LogP contribution in [0, 0.1) is 10.1 Å². The number of halogens is 3. The van der Waals surface area contributed by atoms with Crippen molar-refractivity contribution in [2.45, 2.75) is 39.0 Å². The number of benzene rings is 1. The van der Waals surface area contributed by atoms with E-state index in [1.54, 1.807) is 0 Å². The van der Waals surface area contributed by atoms with Crippen molar-refractivity contribution in [1.82, 2.24) is 5.32 Å². The molecular weight excluding hydrogens is 289 g/mol. The summed E-state index contributed by atoms with van der Waals surface area (Å²) < 4.78 is 41.4. The first-order valence-corrected chi connectivity index (χ1v) is 6.39. The third kappa shape index (κ3) is 6.44. The second-order valence-electron chi connectivity index (χ2n) is 4.80. The monoisotopic (exact) mass is 306 g/mol. The number of ether oxygens (including phenoxy) is 1. The van der Waals surface area contributed by atoms with E-state index >= 15 is 0 Å². The van der Waals surface area contributed by atoms with Crippen LogP contribution in [0.5, 0.6) is 5.75 Å². The van der Waals surface area contributed by atoms with Gasteiger partial charge in [-0.25, -0.2) is 0 Å². The summed E-state index contributed by atoms with van der Waals surface area (Å²) in [6, 6.07) is 3.97. The molecule has 0 bridgehead atoms. The molecule has 0 saturated heterocycles. The van der Waals surface area contributed by atoms with Gasteiger partial charge in [-0.2, -0.15) is 13.2 Å². The average Bonchev–Trinajstić information content (AvgIpc) is 2.35. The highest BCUT2D eigenvalue weighted by Crippen LogP contribution is 2.26. The standard InChI is InChI=1S/C13H17F3N2O3/c1-9(2)17-8-10-7-11(18(19)20)3-4-12(10)21-6-5-13(14,15)16/h3-4,7,9,17H,5-6,8H2,1-2H3. The van der Waals surface area contributed by atoms with Crippen molar-refractivity contribution in [1.29, 1.82) is 0 Å². The molecule has 21 heavy (non-hydrogen) atoms. The fourth-order valence-corrected chi connectivity index (χ4v) is 1.55. The highest BCUT2D eigenvalue weighted by molar-refractivity contribution is 5.43. The van der Waals surface area contributed by atoms with Gasteiger partial charge in [-0.15, -0.1) is 0 Å². The first-order valence-electron chi connectivity index (χ1n) is 6.39. The molecule has 8 heteroatoms. The molecular formula is C13H17F3N2O3. The maximum Gasteiger partial charge on any atom is 0.392 e. The van der Waals surface area contributed by atoms with E-state index in [1.165, 1.54) is 18.2 Å². The molecule has 1 aromatic carbocycles. The van der Waals surface area contributed by atoms with Crippen LogP contribution in [-0.4, -0.2) is 23.7 Å². The molecule has 5 nitrogen and oxygen atoms in total. The molecule has 0 atom stereocenters. The smallest absolute Gasteiger partial charge is 0.392 e. The minimum Gasteiger partial charge on any atom is -0.493 e. The Kier molecular flexibility index (Phi) is 5.95. The Morgan fingerprint density at radius 2 is 2.05 bits per heavy atom. The van der Waals surface area contributed by atoms with Gasteiger partial charge < -0.3 is 10.1 Å². The van der Waals surface area contributed by atoms with Crippen molar-refractivity contribution < 1.29 is 22.8 Å². The molecule has 1 aromatic rings. The summed E-state index contributed by atoms with van der Waals surface area (Å²) in [7, 11) is 0. The van der Waals surface area contributed by atoms with Gasteiger partial charge in [0.15, 0.2) is 0 Å². The van der Waals surface area contributed by atoms with Gasteiger partial charge in [0.25, 0.3) is 5.69 Å². The molecule has 118 valence electrons. The van der Waals surface area contributed by atoms with Crippen LogP contribution in [0.4, 0.5) is 18.9 Å². The minimum atomic E-state index is -4.29. The molecule has 0 aromatic heterocycles. The maximum atomic E-state index is 12.1. The van der Waals surface area contributed by atoms with Crippen molar-refractivity contribution >= 4 is 5.69 Å². The quantitative estimate of drug-likeness (QED) is 0.619. The van der Waals surface area contributed by atoms with Gasteiger partial charge in [0.05, 0.1) is 18.0 Å². The van der Waals surface area contributed by atoms with E-state index in [9.17, 15) is 23.3 Å². The first-order chi connectivity index (χ1) is 9.69. The lowest BCUT2D eigenvalue weighted by molar-refractivity contribution is -0.384. The summed E-state index contributed by atoms with van der Waals surface area (Å²) in [6.45, 7) is 3.54. The van der Waals surface area contributed by atoms with Crippen LogP contribution < -0.4 is 10.1 Å². The van der Waals surface area contributed by atoms with Crippen LogP contribution in [0.25, 0.3) is 0 Å².